The molecule has 2 N–H and O–H groups in total. The van der Waals surface area contributed by atoms with E-state index < -0.39 is 10.0 Å². The Labute approximate surface area is 173 Å². The van der Waals surface area contributed by atoms with Crippen molar-refractivity contribution in [1.29, 1.82) is 0 Å². The minimum Gasteiger partial charge on any atom is -0.357 e. The number of nitrogens with one attached hydrogen (secondary N) is 2. The molecule has 1 aliphatic heterocycles. The van der Waals surface area contributed by atoms with Crippen molar-refractivity contribution in [3.63, 3.8) is 0 Å². The molecule has 0 saturated carbocycles. The number of hydrogen-bond acceptors (Lipinski definition) is 4. The molecule has 0 bridgehead atoms. The van der Waals surface area contributed by atoms with Crippen molar-refractivity contribution in [3.05, 3.63) is 35.8 Å². The average molecular weight is 421 g/mol. The summed E-state index contributed by atoms with van der Waals surface area (Å²) in [5.74, 6) is 0.976. The Balaban J connectivity index is 1.60. The lowest BCUT2D eigenvalue weighted by Crippen LogP contribution is -2.50. The van der Waals surface area contributed by atoms with Gasteiger partial charge in [0.25, 0.3) is 0 Å². The predicted octanol–water partition coefficient (Wildman–Crippen LogP) is 1.90. The van der Waals surface area contributed by atoms with Crippen molar-refractivity contribution in [2.24, 2.45) is 4.99 Å². The highest BCUT2D eigenvalue weighted by molar-refractivity contribution is 7.89. The number of guanidine groups is 1. The van der Waals surface area contributed by atoms with Crippen molar-refractivity contribution < 1.29 is 8.42 Å². The fourth-order valence-corrected chi connectivity index (χ4v) is 5.16. The SMILES string of the molecule is CCCS(=O)(=O)N1CCC(NC(=NCc2cn3c(C)cccc3n2)NCC)CC1. The molecule has 1 saturated heterocycles. The number of nitrogens with zero attached hydrogens (tertiary/aromatic N) is 4. The molecular formula is C20H32N6O2S. The Morgan fingerprint density at radius 3 is 2.69 bits per heavy atom. The summed E-state index contributed by atoms with van der Waals surface area (Å²) in [6.07, 6.45) is 4.23. The molecule has 160 valence electrons. The van der Waals surface area contributed by atoms with Crippen molar-refractivity contribution in [3.8, 4) is 0 Å². The van der Waals surface area contributed by atoms with E-state index in [0.717, 1.165) is 42.4 Å². The molecule has 0 spiro atoms. The molecule has 2 aromatic rings. The highest BCUT2D eigenvalue weighted by Crippen LogP contribution is 2.15. The standard InChI is InChI=1S/C20H32N6O2S/c1-4-13-29(27,28)25-11-9-17(10-12-25)24-20(21-5-2)22-14-18-15-26-16(3)7-6-8-19(26)23-18/h6-8,15,17H,4-5,9-14H2,1-3H3,(H2,21,22,24). The first-order valence-corrected chi connectivity index (χ1v) is 12.0. The summed E-state index contributed by atoms with van der Waals surface area (Å²) < 4.78 is 28.2. The number of pyridine rings is 1. The van der Waals surface area contributed by atoms with Gasteiger partial charge < -0.3 is 15.0 Å². The summed E-state index contributed by atoms with van der Waals surface area (Å²) >= 11 is 0. The van der Waals surface area contributed by atoms with Crippen LogP contribution in [0.25, 0.3) is 5.65 Å². The van der Waals surface area contributed by atoms with Gasteiger partial charge in [0.15, 0.2) is 5.96 Å². The molecular weight excluding hydrogens is 388 g/mol. The van der Waals surface area contributed by atoms with Crippen molar-refractivity contribution in [1.82, 2.24) is 24.3 Å². The van der Waals surface area contributed by atoms with Gasteiger partial charge in [0.2, 0.25) is 10.0 Å². The normalized spacial score (nSPS) is 17.0. The maximum Gasteiger partial charge on any atom is 0.214 e. The Bertz CT molecular complexity index is 945. The van der Waals surface area contributed by atoms with Gasteiger partial charge in [-0.05, 0) is 45.2 Å². The van der Waals surface area contributed by atoms with Gasteiger partial charge in [-0.2, -0.15) is 0 Å². The molecule has 3 rings (SSSR count). The summed E-state index contributed by atoms with van der Waals surface area (Å²) in [6, 6.07) is 6.26. The van der Waals surface area contributed by atoms with Crippen LogP contribution < -0.4 is 10.6 Å². The van der Waals surface area contributed by atoms with Gasteiger partial charge >= 0.3 is 0 Å². The second kappa shape index (κ2) is 9.58. The van der Waals surface area contributed by atoms with Gasteiger partial charge in [0.05, 0.1) is 18.0 Å². The maximum absolute atomic E-state index is 12.2. The molecule has 2 aromatic heterocycles. The summed E-state index contributed by atoms with van der Waals surface area (Å²) in [5, 5.41) is 6.74. The summed E-state index contributed by atoms with van der Waals surface area (Å²) in [4.78, 5) is 9.32. The Morgan fingerprint density at radius 1 is 1.28 bits per heavy atom. The molecule has 0 amide bonds. The van der Waals surface area contributed by atoms with E-state index in [2.05, 4.69) is 38.0 Å². The van der Waals surface area contributed by atoms with Crippen LogP contribution in [0.2, 0.25) is 0 Å². The molecule has 0 atom stereocenters. The first-order valence-electron chi connectivity index (χ1n) is 10.4. The molecule has 0 unspecified atom stereocenters. The topological polar surface area (TPSA) is 91.1 Å². The minimum atomic E-state index is -3.11. The van der Waals surface area contributed by atoms with Crippen LogP contribution in [0.15, 0.2) is 29.4 Å². The number of imidazole rings is 1. The molecule has 1 aliphatic rings. The van der Waals surface area contributed by atoms with Gasteiger partial charge in [0.1, 0.15) is 5.65 Å². The highest BCUT2D eigenvalue weighted by Gasteiger charge is 2.27. The monoisotopic (exact) mass is 420 g/mol. The van der Waals surface area contributed by atoms with Gasteiger partial charge in [-0.3, -0.25) is 0 Å². The van der Waals surface area contributed by atoms with Crippen LogP contribution in [0.5, 0.6) is 0 Å². The number of fused-ring (bicyclic) bond motifs is 1. The van der Waals surface area contributed by atoms with Crippen LogP contribution >= 0.6 is 0 Å². The smallest absolute Gasteiger partial charge is 0.214 e. The minimum absolute atomic E-state index is 0.212. The largest absolute Gasteiger partial charge is 0.357 e. The lowest BCUT2D eigenvalue weighted by molar-refractivity contribution is 0.306. The number of aliphatic imine (C=N–C) groups is 1. The molecule has 3 heterocycles. The van der Waals surface area contributed by atoms with E-state index in [1.807, 2.05) is 32.2 Å². The zero-order chi connectivity index (χ0) is 20.9. The van der Waals surface area contributed by atoms with Crippen molar-refractivity contribution in [2.45, 2.75) is 52.6 Å². The predicted molar refractivity (Wildman–Crippen MR) is 117 cm³/mol. The summed E-state index contributed by atoms with van der Waals surface area (Å²) in [5.41, 5.74) is 2.98. The molecule has 8 nitrogen and oxygen atoms in total. The van der Waals surface area contributed by atoms with Crippen LogP contribution in [-0.4, -0.2) is 59.5 Å². The average Bonchev–Trinajstić information content (AvgIpc) is 3.11. The molecule has 1 fully saturated rings. The quantitative estimate of drug-likeness (QED) is 0.527. The number of aryl methyl sites for hydroxylation is 1. The number of piperidine rings is 1. The first kappa shape index (κ1) is 21.6. The third-order valence-electron chi connectivity index (χ3n) is 5.14. The van der Waals surface area contributed by atoms with E-state index in [1.165, 1.54) is 0 Å². The van der Waals surface area contributed by atoms with E-state index in [4.69, 9.17) is 0 Å². The van der Waals surface area contributed by atoms with Crippen LogP contribution in [0.1, 0.15) is 44.5 Å². The molecule has 0 radical (unpaired) electrons. The number of hydrogen-bond donors (Lipinski definition) is 2. The third kappa shape index (κ3) is 5.48. The Hall–Kier alpha value is -2.13. The highest BCUT2D eigenvalue weighted by atomic mass is 32.2. The Kier molecular flexibility index (Phi) is 7.13. The molecule has 29 heavy (non-hydrogen) atoms. The van der Waals surface area contributed by atoms with E-state index >= 15 is 0 Å². The maximum atomic E-state index is 12.2. The molecule has 0 aromatic carbocycles. The number of aromatic nitrogens is 2. The fourth-order valence-electron chi connectivity index (χ4n) is 3.61. The lowest BCUT2D eigenvalue weighted by atomic mass is 10.1. The lowest BCUT2D eigenvalue weighted by Gasteiger charge is -2.32. The van der Waals surface area contributed by atoms with Crippen LogP contribution in [0, 0.1) is 6.92 Å². The molecule has 0 aliphatic carbocycles. The number of rotatable bonds is 7. The fraction of sp³-hybridized carbons (Fsp3) is 0.600. The van der Waals surface area contributed by atoms with E-state index in [-0.39, 0.29) is 11.8 Å². The molecule has 9 heteroatoms. The third-order valence-corrected chi connectivity index (χ3v) is 7.22. The van der Waals surface area contributed by atoms with Crippen molar-refractivity contribution >= 4 is 21.6 Å². The van der Waals surface area contributed by atoms with Gasteiger partial charge in [-0.15, -0.1) is 0 Å². The summed E-state index contributed by atoms with van der Waals surface area (Å²) in [7, 11) is -3.11. The second-order valence-electron chi connectivity index (χ2n) is 7.46. The zero-order valence-corrected chi connectivity index (χ0v) is 18.4. The van der Waals surface area contributed by atoms with E-state index in [0.29, 0.717) is 26.1 Å². The van der Waals surface area contributed by atoms with Gasteiger partial charge in [-0.1, -0.05) is 13.0 Å². The zero-order valence-electron chi connectivity index (χ0n) is 17.6. The Morgan fingerprint density at radius 2 is 2.03 bits per heavy atom. The number of sulfonamides is 1. The summed E-state index contributed by atoms with van der Waals surface area (Å²) in [6.45, 7) is 8.36. The van der Waals surface area contributed by atoms with Gasteiger partial charge in [0, 0.05) is 37.6 Å². The second-order valence-corrected chi connectivity index (χ2v) is 9.54. The van der Waals surface area contributed by atoms with E-state index in [1.54, 1.807) is 4.31 Å². The first-order chi connectivity index (χ1) is 13.9. The van der Waals surface area contributed by atoms with E-state index in [9.17, 15) is 8.42 Å². The van der Waals surface area contributed by atoms with Gasteiger partial charge in [-0.25, -0.2) is 22.7 Å². The van der Waals surface area contributed by atoms with Crippen LogP contribution in [0.3, 0.4) is 0 Å². The van der Waals surface area contributed by atoms with Crippen LogP contribution in [0.4, 0.5) is 0 Å². The van der Waals surface area contributed by atoms with Crippen molar-refractivity contribution in [2.75, 3.05) is 25.4 Å². The van der Waals surface area contributed by atoms with Crippen LogP contribution in [-0.2, 0) is 16.6 Å².